The molecule has 0 heterocycles. The minimum atomic E-state index is -0.817. The maximum atomic E-state index is 11.6. The lowest BCUT2D eigenvalue weighted by molar-refractivity contribution is 0.152. The Morgan fingerprint density at radius 2 is 1.35 bits per heavy atom. The lowest BCUT2D eigenvalue weighted by Gasteiger charge is -2.06. The Morgan fingerprint density at radius 3 is 1.75 bits per heavy atom. The summed E-state index contributed by atoms with van der Waals surface area (Å²) in [6.07, 6.45) is -0.817. The van der Waals surface area contributed by atoms with Gasteiger partial charge in [0.1, 0.15) is 11.5 Å². The van der Waals surface area contributed by atoms with Crippen LogP contribution in [-0.4, -0.2) is 11.3 Å². The molecule has 2 rings (SSSR count). The van der Waals surface area contributed by atoms with Gasteiger partial charge in [0.25, 0.3) is 0 Å². The third kappa shape index (κ3) is 3.81. The van der Waals surface area contributed by atoms with Crippen molar-refractivity contribution in [2.24, 2.45) is 5.73 Å². The molecule has 0 unspecified atom stereocenters. The van der Waals surface area contributed by atoms with Crippen molar-refractivity contribution in [3.8, 4) is 11.5 Å². The maximum Gasteiger partial charge on any atom is 0.519 e. The SMILES string of the molecule is NCc1ccc(OC(=O)Oc2ccc(CO)cc2)cc1. The molecule has 104 valence electrons. The Labute approximate surface area is 116 Å². The average Bonchev–Trinajstić information content (AvgIpc) is 2.49. The normalized spacial score (nSPS) is 10.1. The maximum absolute atomic E-state index is 11.6. The zero-order chi connectivity index (χ0) is 14.4. The Kier molecular flexibility index (Phi) is 4.70. The molecule has 0 saturated heterocycles. The molecular formula is C15H15NO4. The monoisotopic (exact) mass is 273 g/mol. The van der Waals surface area contributed by atoms with E-state index in [-0.39, 0.29) is 6.61 Å². The molecule has 0 aliphatic rings. The van der Waals surface area contributed by atoms with Crippen molar-refractivity contribution in [3.63, 3.8) is 0 Å². The van der Waals surface area contributed by atoms with Gasteiger partial charge in [0.15, 0.2) is 0 Å². The van der Waals surface area contributed by atoms with E-state index in [1.54, 1.807) is 48.5 Å². The van der Waals surface area contributed by atoms with E-state index >= 15 is 0 Å². The highest BCUT2D eigenvalue weighted by Gasteiger charge is 2.07. The number of hydrogen-bond donors (Lipinski definition) is 2. The van der Waals surface area contributed by atoms with Crippen LogP contribution in [0.5, 0.6) is 11.5 Å². The van der Waals surface area contributed by atoms with Gasteiger partial charge in [-0.1, -0.05) is 24.3 Å². The Morgan fingerprint density at radius 1 is 0.900 bits per heavy atom. The highest BCUT2D eigenvalue weighted by molar-refractivity contribution is 5.67. The van der Waals surface area contributed by atoms with Crippen molar-refractivity contribution in [1.29, 1.82) is 0 Å². The summed E-state index contributed by atoms with van der Waals surface area (Å²) in [5.41, 5.74) is 7.17. The molecule has 2 aromatic carbocycles. The highest BCUT2D eigenvalue weighted by Crippen LogP contribution is 2.16. The van der Waals surface area contributed by atoms with E-state index in [1.807, 2.05) is 0 Å². The minimum Gasteiger partial charge on any atom is -0.395 e. The third-order valence-corrected chi connectivity index (χ3v) is 2.67. The van der Waals surface area contributed by atoms with Crippen LogP contribution in [0.4, 0.5) is 4.79 Å². The molecule has 0 fully saturated rings. The van der Waals surface area contributed by atoms with Gasteiger partial charge in [-0.25, -0.2) is 4.79 Å². The zero-order valence-electron chi connectivity index (χ0n) is 10.8. The lowest BCUT2D eigenvalue weighted by atomic mass is 10.2. The first-order chi connectivity index (χ1) is 9.71. The van der Waals surface area contributed by atoms with Crippen LogP contribution in [0, 0.1) is 0 Å². The quantitative estimate of drug-likeness (QED) is 0.659. The molecule has 2 aromatic rings. The molecule has 0 radical (unpaired) electrons. The van der Waals surface area contributed by atoms with Crippen molar-refractivity contribution in [3.05, 3.63) is 59.7 Å². The number of carbonyl (C=O) groups excluding carboxylic acids is 1. The molecule has 0 saturated carbocycles. The first-order valence-electron chi connectivity index (χ1n) is 6.09. The van der Waals surface area contributed by atoms with Gasteiger partial charge in [-0.3, -0.25) is 0 Å². The minimum absolute atomic E-state index is 0.0573. The Hall–Kier alpha value is -2.37. The molecule has 5 heteroatoms. The van der Waals surface area contributed by atoms with Crippen LogP contribution in [0.1, 0.15) is 11.1 Å². The summed E-state index contributed by atoms with van der Waals surface area (Å²) >= 11 is 0. The fraction of sp³-hybridized carbons (Fsp3) is 0.133. The number of rotatable bonds is 4. The Bertz CT molecular complexity index is 512. The number of hydrogen-bond acceptors (Lipinski definition) is 5. The van der Waals surface area contributed by atoms with Gasteiger partial charge in [-0.15, -0.1) is 0 Å². The van der Waals surface area contributed by atoms with E-state index in [0.29, 0.717) is 18.0 Å². The van der Waals surface area contributed by atoms with Crippen molar-refractivity contribution in [1.82, 2.24) is 0 Å². The lowest BCUT2D eigenvalue weighted by Crippen LogP contribution is -2.13. The van der Waals surface area contributed by atoms with E-state index in [2.05, 4.69) is 0 Å². The number of benzene rings is 2. The van der Waals surface area contributed by atoms with Crippen LogP contribution in [0.2, 0.25) is 0 Å². The van der Waals surface area contributed by atoms with E-state index in [1.165, 1.54) is 0 Å². The summed E-state index contributed by atoms with van der Waals surface area (Å²) < 4.78 is 10.0. The number of aliphatic hydroxyl groups is 1. The molecule has 0 aliphatic carbocycles. The van der Waals surface area contributed by atoms with E-state index < -0.39 is 6.16 Å². The van der Waals surface area contributed by atoms with Crippen molar-refractivity contribution in [2.45, 2.75) is 13.2 Å². The number of carbonyl (C=O) groups is 1. The number of ether oxygens (including phenoxy) is 2. The molecule has 3 N–H and O–H groups in total. The number of nitrogens with two attached hydrogens (primary N) is 1. The van der Waals surface area contributed by atoms with Crippen molar-refractivity contribution >= 4 is 6.16 Å². The summed E-state index contributed by atoms with van der Waals surface area (Å²) in [5, 5.41) is 8.91. The molecule has 0 spiro atoms. The highest BCUT2D eigenvalue weighted by atomic mass is 16.7. The van der Waals surface area contributed by atoms with E-state index in [4.69, 9.17) is 20.3 Å². The van der Waals surface area contributed by atoms with Gasteiger partial charge in [0, 0.05) is 6.54 Å². The van der Waals surface area contributed by atoms with Gasteiger partial charge in [0.2, 0.25) is 0 Å². The van der Waals surface area contributed by atoms with Crippen LogP contribution in [-0.2, 0) is 13.2 Å². The van der Waals surface area contributed by atoms with E-state index in [9.17, 15) is 4.79 Å². The summed E-state index contributed by atoms with van der Waals surface area (Å²) in [7, 11) is 0. The van der Waals surface area contributed by atoms with Gasteiger partial charge in [-0.05, 0) is 35.4 Å². The van der Waals surface area contributed by atoms with Gasteiger partial charge in [0.05, 0.1) is 6.61 Å². The van der Waals surface area contributed by atoms with Crippen LogP contribution < -0.4 is 15.2 Å². The van der Waals surface area contributed by atoms with E-state index in [0.717, 1.165) is 11.1 Å². The van der Waals surface area contributed by atoms with Crippen molar-refractivity contribution < 1.29 is 19.4 Å². The standard InChI is InChI=1S/C15H15NO4/c16-9-11-1-5-13(6-2-11)19-15(18)20-14-7-3-12(10-17)4-8-14/h1-8,17H,9-10,16H2. The predicted molar refractivity (Wildman–Crippen MR) is 73.4 cm³/mol. The summed E-state index contributed by atoms with van der Waals surface area (Å²) in [4.78, 5) is 11.6. The molecule has 5 nitrogen and oxygen atoms in total. The summed E-state index contributed by atoms with van der Waals surface area (Å²) in [6, 6.07) is 13.4. The smallest absolute Gasteiger partial charge is 0.395 e. The molecule has 0 aromatic heterocycles. The second-order valence-corrected chi connectivity index (χ2v) is 4.10. The summed E-state index contributed by atoms with van der Waals surface area (Å²) in [6.45, 7) is 0.375. The molecular weight excluding hydrogens is 258 g/mol. The fourth-order valence-electron chi connectivity index (χ4n) is 1.57. The predicted octanol–water partition coefficient (Wildman–Crippen LogP) is 2.22. The summed E-state index contributed by atoms with van der Waals surface area (Å²) in [5.74, 6) is 0.741. The van der Waals surface area contributed by atoms with Gasteiger partial charge in [-0.2, -0.15) is 0 Å². The largest absolute Gasteiger partial charge is 0.519 e. The molecule has 0 aliphatic heterocycles. The molecule has 0 atom stereocenters. The van der Waals surface area contributed by atoms with Gasteiger partial charge < -0.3 is 20.3 Å². The average molecular weight is 273 g/mol. The van der Waals surface area contributed by atoms with Crippen LogP contribution in [0.25, 0.3) is 0 Å². The second-order valence-electron chi connectivity index (χ2n) is 4.10. The topological polar surface area (TPSA) is 81.8 Å². The zero-order valence-corrected chi connectivity index (χ0v) is 10.8. The fourth-order valence-corrected chi connectivity index (χ4v) is 1.57. The van der Waals surface area contributed by atoms with Crippen LogP contribution >= 0.6 is 0 Å². The molecule has 0 bridgehead atoms. The van der Waals surface area contributed by atoms with Crippen molar-refractivity contribution in [2.75, 3.05) is 0 Å². The Balaban J connectivity index is 1.93. The second kappa shape index (κ2) is 6.70. The number of aliphatic hydroxyl groups excluding tert-OH is 1. The van der Waals surface area contributed by atoms with Crippen LogP contribution in [0.3, 0.4) is 0 Å². The first kappa shape index (κ1) is 14.0. The first-order valence-corrected chi connectivity index (χ1v) is 6.09. The van der Waals surface area contributed by atoms with Crippen LogP contribution in [0.15, 0.2) is 48.5 Å². The third-order valence-electron chi connectivity index (χ3n) is 2.67. The van der Waals surface area contributed by atoms with Gasteiger partial charge >= 0.3 is 6.16 Å². The molecule has 20 heavy (non-hydrogen) atoms. The molecule has 0 amide bonds.